The van der Waals surface area contributed by atoms with Crippen LogP contribution < -0.4 is 4.90 Å². The van der Waals surface area contributed by atoms with Crippen molar-refractivity contribution in [3.63, 3.8) is 0 Å². The van der Waals surface area contributed by atoms with Gasteiger partial charge in [0.2, 0.25) is 5.95 Å². The largest absolute Gasteiger partial charge is 0.378 e. The molecule has 3 aliphatic heterocycles. The number of likely N-dealkylation sites (tertiary alicyclic amines) is 1. The highest BCUT2D eigenvalue weighted by atomic mass is 16.5. The molecule has 0 saturated carbocycles. The number of hydrogen-bond donors (Lipinski definition) is 0. The summed E-state index contributed by atoms with van der Waals surface area (Å²) in [4.78, 5) is 14.7. The number of hydrogen-bond acceptors (Lipinski definition) is 8. The predicted octanol–water partition coefficient (Wildman–Crippen LogP) is 1.90. The first kappa shape index (κ1) is 19.0. The molecule has 2 saturated heterocycles. The Balaban J connectivity index is 1.44. The molecule has 8 heteroatoms. The minimum absolute atomic E-state index is 0.0682. The van der Waals surface area contributed by atoms with Crippen LogP contribution in [0.5, 0.6) is 0 Å². The smallest absolute Gasteiger partial charge is 0.225 e. The number of aromatic nitrogens is 3. The van der Waals surface area contributed by atoms with Gasteiger partial charge in [0.15, 0.2) is 0 Å². The van der Waals surface area contributed by atoms with Gasteiger partial charge in [-0.25, -0.2) is 9.97 Å². The summed E-state index contributed by atoms with van der Waals surface area (Å²) in [5.74, 6) is 1.76. The second kappa shape index (κ2) is 7.34. The zero-order chi connectivity index (χ0) is 20.0. The van der Waals surface area contributed by atoms with E-state index in [4.69, 9.17) is 24.0 Å². The Labute approximate surface area is 171 Å². The van der Waals surface area contributed by atoms with E-state index in [0.717, 1.165) is 82.1 Å². The van der Waals surface area contributed by atoms with E-state index in [1.54, 1.807) is 0 Å². The molecule has 0 amide bonds. The van der Waals surface area contributed by atoms with Crippen molar-refractivity contribution in [2.75, 3.05) is 50.9 Å². The summed E-state index contributed by atoms with van der Waals surface area (Å²) in [7, 11) is 0. The molecule has 0 aliphatic carbocycles. The molecule has 5 heterocycles. The number of anilines is 1. The van der Waals surface area contributed by atoms with Gasteiger partial charge in [-0.1, -0.05) is 5.16 Å². The van der Waals surface area contributed by atoms with Gasteiger partial charge in [0.1, 0.15) is 5.76 Å². The molecule has 1 atom stereocenters. The first-order chi connectivity index (χ1) is 14.1. The lowest BCUT2D eigenvalue weighted by Crippen LogP contribution is -2.42. The number of fused-ring (bicyclic) bond motifs is 2. The molecule has 2 aromatic rings. The standard InChI is InChI=1S/C21H29N5O3/c1-14-18-11-28-13-21(19(18)23-20(22-14)26-6-8-27-9-7-26)4-5-25(12-21)10-17-15(2)24-29-16(17)3/h4-13H2,1-3H3. The minimum Gasteiger partial charge on any atom is -0.378 e. The Hall–Kier alpha value is -2.03. The van der Waals surface area contributed by atoms with E-state index in [0.29, 0.717) is 6.61 Å². The van der Waals surface area contributed by atoms with E-state index in [2.05, 4.69) is 21.9 Å². The third-order valence-corrected chi connectivity index (χ3v) is 6.62. The molecule has 156 valence electrons. The van der Waals surface area contributed by atoms with Crippen molar-refractivity contribution in [1.82, 2.24) is 20.0 Å². The molecular weight excluding hydrogens is 370 g/mol. The first-order valence-corrected chi connectivity index (χ1v) is 10.5. The lowest BCUT2D eigenvalue weighted by molar-refractivity contribution is 0.0496. The van der Waals surface area contributed by atoms with E-state index in [1.165, 1.54) is 16.8 Å². The lowest BCUT2D eigenvalue weighted by atomic mass is 9.80. The molecule has 0 bridgehead atoms. The Kier molecular flexibility index (Phi) is 4.80. The predicted molar refractivity (Wildman–Crippen MR) is 107 cm³/mol. The minimum atomic E-state index is -0.0682. The maximum absolute atomic E-state index is 6.06. The Morgan fingerprint density at radius 3 is 2.59 bits per heavy atom. The monoisotopic (exact) mass is 399 g/mol. The highest BCUT2D eigenvalue weighted by molar-refractivity contribution is 5.42. The van der Waals surface area contributed by atoms with Crippen LogP contribution in [-0.4, -0.2) is 66.0 Å². The van der Waals surface area contributed by atoms with Crippen molar-refractivity contribution in [3.05, 3.63) is 34.0 Å². The van der Waals surface area contributed by atoms with Crippen LogP contribution in [0.2, 0.25) is 0 Å². The summed E-state index contributed by atoms with van der Waals surface area (Å²) in [6, 6.07) is 0. The molecule has 0 radical (unpaired) electrons. The van der Waals surface area contributed by atoms with Gasteiger partial charge in [-0.05, 0) is 33.7 Å². The van der Waals surface area contributed by atoms with Crippen molar-refractivity contribution in [1.29, 1.82) is 0 Å². The molecule has 2 fully saturated rings. The quantitative estimate of drug-likeness (QED) is 0.775. The molecule has 29 heavy (non-hydrogen) atoms. The van der Waals surface area contributed by atoms with Crippen molar-refractivity contribution in [2.45, 2.75) is 45.8 Å². The summed E-state index contributed by atoms with van der Waals surface area (Å²) in [6.45, 7) is 13.4. The molecule has 1 spiro atoms. The van der Waals surface area contributed by atoms with E-state index in [9.17, 15) is 0 Å². The number of nitrogens with zero attached hydrogens (tertiary/aromatic N) is 5. The summed E-state index contributed by atoms with van der Waals surface area (Å²) < 4.78 is 16.9. The Morgan fingerprint density at radius 1 is 1.00 bits per heavy atom. The fourth-order valence-corrected chi connectivity index (χ4v) is 4.87. The van der Waals surface area contributed by atoms with Crippen LogP contribution in [0.3, 0.4) is 0 Å². The first-order valence-electron chi connectivity index (χ1n) is 10.5. The third kappa shape index (κ3) is 3.33. The van der Waals surface area contributed by atoms with E-state index >= 15 is 0 Å². The summed E-state index contributed by atoms with van der Waals surface area (Å²) >= 11 is 0. The van der Waals surface area contributed by atoms with Crippen molar-refractivity contribution in [3.8, 4) is 0 Å². The highest BCUT2D eigenvalue weighted by Gasteiger charge is 2.45. The molecule has 0 N–H and O–H groups in total. The average molecular weight is 399 g/mol. The normalized spacial score (nSPS) is 25.0. The van der Waals surface area contributed by atoms with Crippen LogP contribution in [0.1, 0.15) is 40.4 Å². The maximum atomic E-state index is 6.06. The third-order valence-electron chi connectivity index (χ3n) is 6.62. The van der Waals surface area contributed by atoms with Gasteiger partial charge in [-0.3, -0.25) is 4.90 Å². The molecular formula is C21H29N5O3. The number of aryl methyl sites for hydroxylation is 3. The molecule has 5 rings (SSSR count). The average Bonchev–Trinajstić information content (AvgIpc) is 3.28. The lowest BCUT2D eigenvalue weighted by Gasteiger charge is -2.36. The summed E-state index contributed by atoms with van der Waals surface area (Å²) in [6.07, 6.45) is 1.04. The molecule has 1 unspecified atom stereocenters. The molecule has 2 aromatic heterocycles. The van der Waals surface area contributed by atoms with E-state index in [1.807, 2.05) is 13.8 Å². The Bertz CT molecular complexity index is 888. The second-order valence-electron chi connectivity index (χ2n) is 8.57. The van der Waals surface area contributed by atoms with Gasteiger partial charge >= 0.3 is 0 Å². The van der Waals surface area contributed by atoms with E-state index < -0.39 is 0 Å². The summed E-state index contributed by atoms with van der Waals surface area (Å²) in [5.41, 5.74) is 5.52. The zero-order valence-corrected chi connectivity index (χ0v) is 17.5. The van der Waals surface area contributed by atoms with Crippen LogP contribution >= 0.6 is 0 Å². The van der Waals surface area contributed by atoms with Crippen LogP contribution in [-0.2, 0) is 28.0 Å². The van der Waals surface area contributed by atoms with Crippen LogP contribution in [0, 0.1) is 20.8 Å². The van der Waals surface area contributed by atoms with E-state index in [-0.39, 0.29) is 5.41 Å². The van der Waals surface area contributed by atoms with Crippen LogP contribution in [0.25, 0.3) is 0 Å². The van der Waals surface area contributed by atoms with Crippen molar-refractivity contribution in [2.24, 2.45) is 0 Å². The molecule has 3 aliphatic rings. The SMILES string of the molecule is Cc1nc(N2CCOCC2)nc2c1COCC21CCN(Cc2c(C)noc2C)C1. The zero-order valence-electron chi connectivity index (χ0n) is 17.5. The highest BCUT2D eigenvalue weighted by Crippen LogP contribution is 2.41. The van der Waals surface area contributed by atoms with Gasteiger partial charge in [-0.15, -0.1) is 0 Å². The number of rotatable bonds is 3. The fraction of sp³-hybridized carbons (Fsp3) is 0.667. The second-order valence-corrected chi connectivity index (χ2v) is 8.57. The van der Waals surface area contributed by atoms with Gasteiger partial charge in [0, 0.05) is 43.0 Å². The molecule has 8 nitrogen and oxygen atoms in total. The Morgan fingerprint density at radius 2 is 1.83 bits per heavy atom. The van der Waals surface area contributed by atoms with Gasteiger partial charge in [-0.2, -0.15) is 0 Å². The number of morpholine rings is 1. The van der Waals surface area contributed by atoms with Crippen LogP contribution in [0.4, 0.5) is 5.95 Å². The van der Waals surface area contributed by atoms with Gasteiger partial charge in [0.25, 0.3) is 0 Å². The molecule has 0 aromatic carbocycles. The fourth-order valence-electron chi connectivity index (χ4n) is 4.87. The van der Waals surface area contributed by atoms with Gasteiger partial charge in [0.05, 0.1) is 43.2 Å². The topological polar surface area (TPSA) is 76.8 Å². The summed E-state index contributed by atoms with van der Waals surface area (Å²) in [5, 5.41) is 4.11. The maximum Gasteiger partial charge on any atom is 0.225 e. The van der Waals surface area contributed by atoms with Gasteiger partial charge < -0.3 is 18.9 Å². The van der Waals surface area contributed by atoms with Crippen molar-refractivity contribution < 1.29 is 14.0 Å². The number of ether oxygens (including phenoxy) is 2. The van der Waals surface area contributed by atoms with Crippen molar-refractivity contribution >= 4 is 5.95 Å². The van der Waals surface area contributed by atoms with Crippen LogP contribution in [0.15, 0.2) is 4.52 Å².